The Hall–Kier alpha value is -3.52. The number of hydrogen-bond acceptors (Lipinski definition) is 7. The summed E-state index contributed by atoms with van der Waals surface area (Å²) < 4.78 is 23.0. The first-order chi connectivity index (χ1) is 16.5. The summed E-state index contributed by atoms with van der Waals surface area (Å²) in [6.07, 6.45) is -5.44. The van der Waals surface area contributed by atoms with E-state index in [0.717, 1.165) is 5.56 Å². The Kier molecular flexibility index (Phi) is 7.69. The minimum Gasteiger partial charge on any atom is -0.453 e. The number of ether oxygens (including phenoxy) is 4. The first kappa shape index (κ1) is 23.6. The average Bonchev–Trinajstić information content (AvgIpc) is 2.88. The van der Waals surface area contributed by atoms with Gasteiger partial charge in [-0.05, 0) is 36.8 Å². The molecule has 3 aromatic rings. The zero-order chi connectivity index (χ0) is 23.9. The summed E-state index contributed by atoms with van der Waals surface area (Å²) in [7, 11) is 0. The Bertz CT molecular complexity index is 1070. The van der Waals surface area contributed by atoms with Gasteiger partial charge in [0.15, 0.2) is 18.5 Å². The van der Waals surface area contributed by atoms with E-state index in [1.165, 1.54) is 0 Å². The standard InChI is InChI=1S/C27H26O7/c1-18-23(33-25(29)20-13-7-3-8-14-20)22(28)24(34-26(30)21-15-9-4-10-16-21)27(32-18)31-17-19-11-5-2-6-12-19/h2-16,18,22-24,27-28H,17H2,1H3/t18-,22+,23+,24-,27+/m0/s1. The van der Waals surface area contributed by atoms with Gasteiger partial charge in [-0.25, -0.2) is 9.59 Å². The van der Waals surface area contributed by atoms with Crippen molar-refractivity contribution in [2.45, 2.75) is 44.2 Å². The Morgan fingerprint density at radius 3 is 1.76 bits per heavy atom. The highest BCUT2D eigenvalue weighted by Gasteiger charge is 2.48. The van der Waals surface area contributed by atoms with Crippen LogP contribution < -0.4 is 0 Å². The summed E-state index contributed by atoms with van der Waals surface area (Å²) in [4.78, 5) is 25.4. The summed E-state index contributed by atoms with van der Waals surface area (Å²) in [6, 6.07) is 26.3. The number of carbonyl (C=O) groups is 2. The number of rotatable bonds is 7. The van der Waals surface area contributed by atoms with Crippen LogP contribution in [0.2, 0.25) is 0 Å². The normalized spacial score (nSPS) is 24.2. The maximum absolute atomic E-state index is 12.8. The molecule has 4 rings (SSSR count). The topological polar surface area (TPSA) is 91.3 Å². The van der Waals surface area contributed by atoms with Gasteiger partial charge in [0.05, 0.1) is 23.8 Å². The van der Waals surface area contributed by atoms with E-state index < -0.39 is 42.6 Å². The molecule has 7 heteroatoms. The van der Waals surface area contributed by atoms with E-state index >= 15 is 0 Å². The van der Waals surface area contributed by atoms with E-state index in [-0.39, 0.29) is 6.61 Å². The molecular formula is C27H26O7. The highest BCUT2D eigenvalue weighted by Crippen LogP contribution is 2.28. The van der Waals surface area contributed by atoms with Crippen LogP contribution in [0.15, 0.2) is 91.0 Å². The van der Waals surface area contributed by atoms with Gasteiger partial charge in [0.25, 0.3) is 0 Å². The van der Waals surface area contributed by atoms with Crippen LogP contribution in [-0.2, 0) is 25.6 Å². The van der Waals surface area contributed by atoms with Crippen molar-refractivity contribution in [3.05, 3.63) is 108 Å². The Morgan fingerprint density at radius 1 is 0.765 bits per heavy atom. The van der Waals surface area contributed by atoms with Crippen molar-refractivity contribution < 1.29 is 33.6 Å². The average molecular weight is 462 g/mol. The van der Waals surface area contributed by atoms with E-state index in [4.69, 9.17) is 18.9 Å². The van der Waals surface area contributed by atoms with Crippen LogP contribution in [-0.4, -0.2) is 47.8 Å². The highest BCUT2D eigenvalue weighted by atomic mass is 16.7. The Balaban J connectivity index is 1.52. The van der Waals surface area contributed by atoms with E-state index in [1.807, 2.05) is 30.3 Å². The lowest BCUT2D eigenvalue weighted by molar-refractivity contribution is -0.294. The number of benzene rings is 3. The van der Waals surface area contributed by atoms with Gasteiger partial charge < -0.3 is 24.1 Å². The van der Waals surface area contributed by atoms with Crippen LogP contribution in [0.5, 0.6) is 0 Å². The van der Waals surface area contributed by atoms with Crippen LogP contribution >= 0.6 is 0 Å². The van der Waals surface area contributed by atoms with Gasteiger partial charge in [0, 0.05) is 0 Å². The maximum atomic E-state index is 12.8. The third kappa shape index (κ3) is 5.69. The molecule has 0 aliphatic carbocycles. The fourth-order valence-electron chi connectivity index (χ4n) is 3.70. The molecule has 1 aliphatic rings. The fourth-order valence-corrected chi connectivity index (χ4v) is 3.70. The Labute approximate surface area is 197 Å². The number of aliphatic hydroxyl groups excluding tert-OH is 1. The van der Waals surface area contributed by atoms with Gasteiger partial charge in [0.1, 0.15) is 6.10 Å². The van der Waals surface area contributed by atoms with Crippen LogP contribution in [0.1, 0.15) is 33.2 Å². The molecule has 1 heterocycles. The van der Waals surface area contributed by atoms with Crippen LogP contribution in [0.25, 0.3) is 0 Å². The molecule has 176 valence electrons. The third-order valence-electron chi connectivity index (χ3n) is 5.52. The van der Waals surface area contributed by atoms with Gasteiger partial charge >= 0.3 is 11.9 Å². The minimum absolute atomic E-state index is 0.179. The molecule has 0 bridgehead atoms. The lowest BCUT2D eigenvalue weighted by Crippen LogP contribution is -2.60. The van der Waals surface area contributed by atoms with Crippen LogP contribution in [0.4, 0.5) is 0 Å². The lowest BCUT2D eigenvalue weighted by Gasteiger charge is -2.42. The molecule has 1 N–H and O–H groups in total. The van der Waals surface area contributed by atoms with Gasteiger partial charge in [-0.1, -0.05) is 66.7 Å². The smallest absolute Gasteiger partial charge is 0.338 e. The monoisotopic (exact) mass is 462 g/mol. The van der Waals surface area contributed by atoms with Crippen LogP contribution in [0.3, 0.4) is 0 Å². The molecule has 0 aromatic heterocycles. The number of carbonyl (C=O) groups excluding carboxylic acids is 2. The zero-order valence-electron chi connectivity index (χ0n) is 18.7. The molecule has 5 atom stereocenters. The van der Waals surface area contributed by atoms with Crippen molar-refractivity contribution in [2.75, 3.05) is 0 Å². The van der Waals surface area contributed by atoms with Crippen molar-refractivity contribution >= 4 is 11.9 Å². The van der Waals surface area contributed by atoms with E-state index in [2.05, 4.69) is 0 Å². The van der Waals surface area contributed by atoms with Crippen molar-refractivity contribution in [1.29, 1.82) is 0 Å². The first-order valence-electron chi connectivity index (χ1n) is 11.0. The van der Waals surface area contributed by atoms with E-state index in [0.29, 0.717) is 11.1 Å². The number of esters is 2. The summed E-state index contributed by atoms with van der Waals surface area (Å²) >= 11 is 0. The SMILES string of the molecule is C[C@@H]1O[C@@H](OCc2ccccc2)[C@@H](OC(=O)c2ccccc2)[C@H](O)[C@@H]1OC(=O)c1ccccc1. The van der Waals surface area contributed by atoms with Crippen molar-refractivity contribution in [1.82, 2.24) is 0 Å². The second-order valence-electron chi connectivity index (χ2n) is 7.97. The van der Waals surface area contributed by atoms with Gasteiger partial charge in [-0.3, -0.25) is 0 Å². The quantitative estimate of drug-likeness (QED) is 0.535. The summed E-state index contributed by atoms with van der Waals surface area (Å²) in [5, 5.41) is 11.1. The highest BCUT2D eigenvalue weighted by molar-refractivity contribution is 5.90. The predicted octanol–water partition coefficient (Wildman–Crippen LogP) is 3.76. The molecule has 3 aromatic carbocycles. The van der Waals surface area contributed by atoms with E-state index in [1.54, 1.807) is 67.6 Å². The molecule has 0 saturated carbocycles. The molecule has 0 amide bonds. The minimum atomic E-state index is -1.37. The second-order valence-corrected chi connectivity index (χ2v) is 7.97. The molecule has 0 radical (unpaired) electrons. The fraction of sp³-hybridized carbons (Fsp3) is 0.259. The molecule has 0 unspecified atom stereocenters. The molecule has 1 fully saturated rings. The molecule has 1 saturated heterocycles. The molecule has 34 heavy (non-hydrogen) atoms. The second kappa shape index (κ2) is 11.1. The molecule has 7 nitrogen and oxygen atoms in total. The summed E-state index contributed by atoms with van der Waals surface area (Å²) in [5.74, 6) is -1.26. The first-order valence-corrected chi connectivity index (χ1v) is 11.0. The van der Waals surface area contributed by atoms with Gasteiger partial charge in [-0.15, -0.1) is 0 Å². The lowest BCUT2D eigenvalue weighted by atomic mass is 9.99. The third-order valence-corrected chi connectivity index (χ3v) is 5.52. The number of hydrogen-bond donors (Lipinski definition) is 1. The van der Waals surface area contributed by atoms with Gasteiger partial charge in [0.2, 0.25) is 0 Å². The van der Waals surface area contributed by atoms with Crippen molar-refractivity contribution in [3.8, 4) is 0 Å². The van der Waals surface area contributed by atoms with E-state index in [9.17, 15) is 14.7 Å². The molecule has 1 aliphatic heterocycles. The van der Waals surface area contributed by atoms with Crippen molar-refractivity contribution in [3.63, 3.8) is 0 Å². The van der Waals surface area contributed by atoms with Crippen LogP contribution in [0, 0.1) is 0 Å². The molecule has 0 spiro atoms. The molecular weight excluding hydrogens is 436 g/mol. The summed E-state index contributed by atoms with van der Waals surface area (Å²) in [6.45, 7) is 1.85. The summed E-state index contributed by atoms with van der Waals surface area (Å²) in [5.41, 5.74) is 1.54. The van der Waals surface area contributed by atoms with Crippen molar-refractivity contribution in [2.24, 2.45) is 0 Å². The van der Waals surface area contributed by atoms with Gasteiger partial charge in [-0.2, -0.15) is 0 Å². The maximum Gasteiger partial charge on any atom is 0.338 e. The Morgan fingerprint density at radius 2 is 1.24 bits per heavy atom. The number of aliphatic hydroxyl groups is 1. The zero-order valence-corrected chi connectivity index (χ0v) is 18.7. The largest absolute Gasteiger partial charge is 0.453 e. The predicted molar refractivity (Wildman–Crippen MR) is 123 cm³/mol.